The quantitative estimate of drug-likeness (QED) is 0.395. The van der Waals surface area contributed by atoms with Gasteiger partial charge in [0.05, 0.1) is 6.20 Å². The number of aromatic nitrogens is 3. The number of rotatable bonds is 6. The number of amides is 2. The minimum atomic E-state index is -1.60. The molecule has 160 valence electrons. The van der Waals surface area contributed by atoms with Gasteiger partial charge in [0.1, 0.15) is 23.0 Å². The average molecular weight is 423 g/mol. The molecule has 0 spiro atoms. The molecule has 3 aromatic heterocycles. The number of fused-ring (bicyclic) bond motifs is 1. The first-order valence-corrected chi connectivity index (χ1v) is 9.98. The zero-order valence-electron chi connectivity index (χ0n) is 16.6. The van der Waals surface area contributed by atoms with E-state index in [1.165, 1.54) is 18.3 Å². The van der Waals surface area contributed by atoms with Gasteiger partial charge in [-0.05, 0) is 55.4 Å². The molecule has 0 radical (unpaired) electrons. The van der Waals surface area contributed by atoms with Crippen LogP contribution < -0.4 is 21.3 Å². The van der Waals surface area contributed by atoms with E-state index >= 15 is 0 Å². The third kappa shape index (κ3) is 4.52. The van der Waals surface area contributed by atoms with Crippen LogP contribution in [0.5, 0.6) is 5.88 Å². The van der Waals surface area contributed by atoms with Crippen molar-refractivity contribution in [1.29, 1.82) is 0 Å². The molecule has 1 aliphatic carbocycles. The largest absolute Gasteiger partial charge is 0.488 e. The molecule has 3 heterocycles. The maximum atomic E-state index is 12.7. The monoisotopic (exact) mass is 423 g/mol. The van der Waals surface area contributed by atoms with Crippen molar-refractivity contribution in [2.75, 3.05) is 0 Å². The van der Waals surface area contributed by atoms with Crippen LogP contribution in [0.2, 0.25) is 0 Å². The van der Waals surface area contributed by atoms with Gasteiger partial charge in [0.15, 0.2) is 0 Å². The van der Waals surface area contributed by atoms with Crippen molar-refractivity contribution in [1.82, 2.24) is 19.7 Å². The van der Waals surface area contributed by atoms with Crippen molar-refractivity contribution >= 4 is 30.0 Å². The number of carbonyl (C=O) groups is 2. The van der Waals surface area contributed by atoms with Crippen LogP contribution in [-0.2, 0) is 0 Å². The lowest BCUT2D eigenvalue weighted by Crippen LogP contribution is -2.40. The summed E-state index contributed by atoms with van der Waals surface area (Å²) in [5.41, 5.74) is 6.74. The SMILES string of the molecule is NC(=O)c1cccnc1O[C@H]1CC[C@H](NC(=O)c2cnc3cc(B(O)O)ccn23)CC1. The summed E-state index contributed by atoms with van der Waals surface area (Å²) in [6, 6.07) is 6.23. The molecule has 2 amide bonds. The fraction of sp³-hybridized carbons (Fsp3) is 0.300. The third-order valence-electron chi connectivity index (χ3n) is 5.39. The first-order chi connectivity index (χ1) is 14.9. The van der Waals surface area contributed by atoms with E-state index in [1.807, 2.05) is 0 Å². The van der Waals surface area contributed by atoms with Crippen LogP contribution in [0.1, 0.15) is 46.5 Å². The summed E-state index contributed by atoms with van der Waals surface area (Å²) in [6.45, 7) is 0. The minimum absolute atomic E-state index is 0.0178. The highest BCUT2D eigenvalue weighted by Gasteiger charge is 2.26. The van der Waals surface area contributed by atoms with Gasteiger partial charge < -0.3 is 25.8 Å². The lowest BCUT2D eigenvalue weighted by molar-refractivity contribution is 0.0876. The summed E-state index contributed by atoms with van der Waals surface area (Å²) >= 11 is 0. The molecule has 0 atom stereocenters. The molecule has 3 aromatic rings. The molecule has 0 aliphatic heterocycles. The second-order valence-electron chi connectivity index (χ2n) is 7.49. The Kier molecular flexibility index (Phi) is 5.87. The Morgan fingerprint density at radius 1 is 1.19 bits per heavy atom. The molecule has 0 aromatic carbocycles. The first-order valence-electron chi connectivity index (χ1n) is 9.98. The molecule has 10 nitrogen and oxygen atoms in total. The van der Waals surface area contributed by atoms with Gasteiger partial charge in [-0.25, -0.2) is 9.97 Å². The molecule has 4 rings (SSSR count). The van der Waals surface area contributed by atoms with E-state index in [1.54, 1.807) is 28.9 Å². The van der Waals surface area contributed by atoms with Gasteiger partial charge in [0.2, 0.25) is 5.88 Å². The predicted molar refractivity (Wildman–Crippen MR) is 112 cm³/mol. The van der Waals surface area contributed by atoms with Crippen LogP contribution in [0.15, 0.2) is 42.9 Å². The smallest absolute Gasteiger partial charge is 0.474 e. The molecule has 0 saturated heterocycles. The summed E-state index contributed by atoms with van der Waals surface area (Å²) in [4.78, 5) is 32.5. The van der Waals surface area contributed by atoms with Crippen molar-refractivity contribution in [3.8, 4) is 5.88 Å². The van der Waals surface area contributed by atoms with Crippen LogP contribution in [0.4, 0.5) is 0 Å². The zero-order valence-corrected chi connectivity index (χ0v) is 16.6. The van der Waals surface area contributed by atoms with Crippen molar-refractivity contribution in [3.05, 3.63) is 54.1 Å². The third-order valence-corrected chi connectivity index (χ3v) is 5.39. The summed E-state index contributed by atoms with van der Waals surface area (Å²) in [5, 5.41) is 21.6. The van der Waals surface area contributed by atoms with Gasteiger partial charge in [-0.15, -0.1) is 0 Å². The Morgan fingerprint density at radius 2 is 1.97 bits per heavy atom. The van der Waals surface area contributed by atoms with Crippen molar-refractivity contribution in [2.45, 2.75) is 37.8 Å². The Hall–Kier alpha value is -3.44. The lowest BCUT2D eigenvalue weighted by Gasteiger charge is -2.29. The summed E-state index contributed by atoms with van der Waals surface area (Å²) in [5.74, 6) is -0.604. The molecular formula is C20H22BN5O5. The molecule has 5 N–H and O–H groups in total. The number of imidazole rings is 1. The lowest BCUT2D eigenvalue weighted by atomic mass is 9.81. The van der Waals surface area contributed by atoms with Gasteiger partial charge in [-0.2, -0.15) is 0 Å². The topological polar surface area (TPSA) is 152 Å². The van der Waals surface area contributed by atoms with E-state index in [0.717, 1.165) is 0 Å². The van der Waals surface area contributed by atoms with Gasteiger partial charge in [-0.3, -0.25) is 14.0 Å². The van der Waals surface area contributed by atoms with Gasteiger partial charge in [0.25, 0.3) is 11.8 Å². The second kappa shape index (κ2) is 8.74. The maximum Gasteiger partial charge on any atom is 0.488 e. The number of hydrogen-bond donors (Lipinski definition) is 4. The zero-order chi connectivity index (χ0) is 22.0. The molecule has 1 fully saturated rings. The molecular weight excluding hydrogens is 401 g/mol. The van der Waals surface area contributed by atoms with Crippen LogP contribution >= 0.6 is 0 Å². The van der Waals surface area contributed by atoms with E-state index < -0.39 is 13.0 Å². The van der Waals surface area contributed by atoms with Crippen LogP contribution in [-0.4, -0.2) is 55.5 Å². The van der Waals surface area contributed by atoms with Crippen molar-refractivity contribution < 1.29 is 24.4 Å². The molecule has 1 aliphatic rings. The number of nitrogens with two attached hydrogens (primary N) is 1. The first kappa shape index (κ1) is 20.8. The number of ether oxygens (including phenoxy) is 1. The van der Waals surface area contributed by atoms with Gasteiger partial charge in [0, 0.05) is 18.4 Å². The molecule has 31 heavy (non-hydrogen) atoms. The van der Waals surface area contributed by atoms with E-state index in [9.17, 15) is 19.6 Å². The normalized spacial score (nSPS) is 18.5. The fourth-order valence-corrected chi connectivity index (χ4v) is 3.74. The fourth-order valence-electron chi connectivity index (χ4n) is 3.74. The van der Waals surface area contributed by atoms with E-state index in [2.05, 4.69) is 15.3 Å². The van der Waals surface area contributed by atoms with E-state index in [-0.39, 0.29) is 29.5 Å². The number of nitrogens with zero attached hydrogens (tertiary/aromatic N) is 3. The summed E-state index contributed by atoms with van der Waals surface area (Å²) in [6.07, 6.45) is 7.31. The Bertz CT molecular complexity index is 1110. The molecule has 0 bridgehead atoms. The minimum Gasteiger partial charge on any atom is -0.474 e. The van der Waals surface area contributed by atoms with Crippen molar-refractivity contribution in [2.24, 2.45) is 5.73 Å². The maximum absolute atomic E-state index is 12.7. The number of carbonyl (C=O) groups excluding carboxylic acids is 2. The Morgan fingerprint density at radius 3 is 2.68 bits per heavy atom. The number of nitrogens with one attached hydrogen (secondary N) is 1. The Labute approximate surface area is 178 Å². The Balaban J connectivity index is 1.36. The second-order valence-corrected chi connectivity index (χ2v) is 7.49. The molecule has 0 unspecified atom stereocenters. The molecule has 1 saturated carbocycles. The summed E-state index contributed by atoms with van der Waals surface area (Å²) < 4.78 is 7.48. The van der Waals surface area contributed by atoms with Crippen LogP contribution in [0.25, 0.3) is 5.65 Å². The number of primary amides is 1. The summed E-state index contributed by atoms with van der Waals surface area (Å²) in [7, 11) is -1.60. The van der Waals surface area contributed by atoms with E-state index in [4.69, 9.17) is 10.5 Å². The number of pyridine rings is 2. The van der Waals surface area contributed by atoms with E-state index in [0.29, 0.717) is 42.5 Å². The standard InChI is InChI=1S/C20H22BN5O5/c22-18(27)15-2-1-8-23-20(15)31-14-5-3-13(4-6-14)25-19(28)16-11-24-17-10-12(21(29)30)7-9-26(16)17/h1-2,7-11,13-14,29-30H,3-6H2,(H2,22,27)(H,25,28)/t13-,14-. The van der Waals surface area contributed by atoms with Crippen LogP contribution in [0.3, 0.4) is 0 Å². The highest BCUT2D eigenvalue weighted by molar-refractivity contribution is 6.58. The van der Waals surface area contributed by atoms with Crippen LogP contribution in [0, 0.1) is 0 Å². The molecule has 11 heteroatoms. The predicted octanol–water partition coefficient (Wildman–Crippen LogP) is -0.372. The number of hydrogen-bond acceptors (Lipinski definition) is 7. The van der Waals surface area contributed by atoms with Gasteiger partial charge >= 0.3 is 7.12 Å². The average Bonchev–Trinajstić information content (AvgIpc) is 3.19. The highest BCUT2D eigenvalue weighted by Crippen LogP contribution is 2.25. The van der Waals surface area contributed by atoms with Gasteiger partial charge in [-0.1, -0.05) is 0 Å². The van der Waals surface area contributed by atoms with Crippen molar-refractivity contribution in [3.63, 3.8) is 0 Å². The highest BCUT2D eigenvalue weighted by atomic mass is 16.5.